The second-order valence-corrected chi connectivity index (χ2v) is 5.70. The predicted molar refractivity (Wildman–Crippen MR) is 79.0 cm³/mol. The quantitative estimate of drug-likeness (QED) is 0.806. The molecule has 0 spiro atoms. The standard InChI is InChI=1S/C14H25N5O2/c1-4-8-19(10-9-18(2)3)14(20)12-16-13(21-17-12)11-6-5-7-15-11/h11,15H,4-10H2,1-3H3. The van der Waals surface area contributed by atoms with E-state index in [0.717, 1.165) is 32.4 Å². The van der Waals surface area contributed by atoms with E-state index in [2.05, 4.69) is 27.3 Å². The van der Waals surface area contributed by atoms with Gasteiger partial charge in [0.2, 0.25) is 5.89 Å². The molecule has 2 heterocycles. The molecule has 1 aliphatic heterocycles. The predicted octanol–water partition coefficient (Wildman–Crippen LogP) is 0.908. The fourth-order valence-electron chi connectivity index (χ4n) is 2.41. The third-order valence-electron chi connectivity index (χ3n) is 3.59. The molecule has 1 aromatic heterocycles. The van der Waals surface area contributed by atoms with Gasteiger partial charge in [0.15, 0.2) is 0 Å². The highest BCUT2D eigenvalue weighted by molar-refractivity contribution is 5.90. The van der Waals surface area contributed by atoms with Gasteiger partial charge in [-0.2, -0.15) is 4.98 Å². The average Bonchev–Trinajstić information content (AvgIpc) is 3.11. The maximum absolute atomic E-state index is 12.5. The number of amides is 1. The minimum absolute atomic E-state index is 0.0976. The Morgan fingerprint density at radius 3 is 2.81 bits per heavy atom. The molecule has 1 fully saturated rings. The lowest BCUT2D eigenvalue weighted by atomic mass is 10.2. The van der Waals surface area contributed by atoms with E-state index in [-0.39, 0.29) is 17.8 Å². The first-order valence-electron chi connectivity index (χ1n) is 7.62. The number of rotatable bonds is 7. The summed E-state index contributed by atoms with van der Waals surface area (Å²) >= 11 is 0. The normalized spacial score (nSPS) is 18.4. The van der Waals surface area contributed by atoms with Crippen LogP contribution in [0.25, 0.3) is 0 Å². The molecule has 1 aromatic rings. The zero-order valence-corrected chi connectivity index (χ0v) is 13.1. The number of hydrogen-bond donors (Lipinski definition) is 1. The van der Waals surface area contributed by atoms with Crippen LogP contribution in [0.5, 0.6) is 0 Å². The zero-order valence-electron chi connectivity index (χ0n) is 13.1. The maximum Gasteiger partial charge on any atom is 0.295 e. The van der Waals surface area contributed by atoms with Gasteiger partial charge in [-0.05, 0) is 39.9 Å². The molecule has 1 aliphatic rings. The number of carbonyl (C=O) groups excluding carboxylic acids is 1. The van der Waals surface area contributed by atoms with Crippen LogP contribution in [-0.2, 0) is 0 Å². The highest BCUT2D eigenvalue weighted by Gasteiger charge is 2.26. The lowest BCUT2D eigenvalue weighted by Gasteiger charge is -2.22. The molecule has 7 nitrogen and oxygen atoms in total. The summed E-state index contributed by atoms with van der Waals surface area (Å²) in [5.41, 5.74) is 0. The second kappa shape index (κ2) is 7.51. The third-order valence-corrected chi connectivity index (χ3v) is 3.59. The average molecular weight is 295 g/mol. The summed E-state index contributed by atoms with van der Waals surface area (Å²) in [4.78, 5) is 20.6. The smallest absolute Gasteiger partial charge is 0.295 e. The Kier molecular flexibility index (Phi) is 5.69. The number of nitrogens with zero attached hydrogens (tertiary/aromatic N) is 4. The summed E-state index contributed by atoms with van der Waals surface area (Å²) in [5.74, 6) is 0.553. The van der Waals surface area contributed by atoms with Crippen LogP contribution in [0.2, 0.25) is 0 Å². The Balaban J connectivity index is 2.01. The number of hydrogen-bond acceptors (Lipinski definition) is 6. The van der Waals surface area contributed by atoms with Crippen LogP contribution in [0.4, 0.5) is 0 Å². The highest BCUT2D eigenvalue weighted by Crippen LogP contribution is 2.21. The topological polar surface area (TPSA) is 74.5 Å². The largest absolute Gasteiger partial charge is 0.337 e. The van der Waals surface area contributed by atoms with E-state index >= 15 is 0 Å². The van der Waals surface area contributed by atoms with Crippen LogP contribution in [0.15, 0.2) is 4.52 Å². The summed E-state index contributed by atoms with van der Waals surface area (Å²) in [6, 6.07) is 0.0976. The van der Waals surface area contributed by atoms with Gasteiger partial charge in [0.05, 0.1) is 6.04 Å². The fraction of sp³-hybridized carbons (Fsp3) is 0.786. The van der Waals surface area contributed by atoms with Crippen molar-refractivity contribution < 1.29 is 9.32 Å². The molecule has 1 N–H and O–H groups in total. The van der Waals surface area contributed by atoms with E-state index in [0.29, 0.717) is 19.0 Å². The molecule has 0 aliphatic carbocycles. The first-order valence-corrected chi connectivity index (χ1v) is 7.62. The molecular weight excluding hydrogens is 270 g/mol. The summed E-state index contributed by atoms with van der Waals surface area (Å²) in [6.07, 6.45) is 2.99. The first kappa shape index (κ1) is 15.9. The molecule has 0 bridgehead atoms. The van der Waals surface area contributed by atoms with E-state index in [9.17, 15) is 4.79 Å². The summed E-state index contributed by atoms with van der Waals surface area (Å²) in [6.45, 7) is 5.21. The Labute approximate surface area is 125 Å². The van der Waals surface area contributed by atoms with Gasteiger partial charge in [0, 0.05) is 19.6 Å². The van der Waals surface area contributed by atoms with Gasteiger partial charge in [-0.15, -0.1) is 0 Å². The van der Waals surface area contributed by atoms with Crippen molar-refractivity contribution in [3.05, 3.63) is 11.7 Å². The van der Waals surface area contributed by atoms with Crippen LogP contribution >= 0.6 is 0 Å². The molecule has 1 unspecified atom stereocenters. The van der Waals surface area contributed by atoms with Crippen molar-refractivity contribution in [1.29, 1.82) is 0 Å². The van der Waals surface area contributed by atoms with E-state index in [4.69, 9.17) is 4.52 Å². The Morgan fingerprint density at radius 1 is 1.38 bits per heavy atom. The van der Waals surface area contributed by atoms with Crippen molar-refractivity contribution in [3.8, 4) is 0 Å². The SMILES string of the molecule is CCCN(CCN(C)C)C(=O)c1noc(C2CCCN2)n1. The van der Waals surface area contributed by atoms with Crippen molar-refractivity contribution in [2.45, 2.75) is 32.2 Å². The van der Waals surface area contributed by atoms with E-state index in [1.807, 2.05) is 14.1 Å². The van der Waals surface area contributed by atoms with Crippen LogP contribution in [0.3, 0.4) is 0 Å². The van der Waals surface area contributed by atoms with Crippen LogP contribution in [-0.4, -0.2) is 66.1 Å². The Bertz CT molecular complexity index is 454. The van der Waals surface area contributed by atoms with Crippen molar-refractivity contribution in [3.63, 3.8) is 0 Å². The number of carbonyl (C=O) groups is 1. The van der Waals surface area contributed by atoms with Crippen LogP contribution in [0.1, 0.15) is 48.7 Å². The van der Waals surface area contributed by atoms with E-state index in [1.165, 1.54) is 0 Å². The highest BCUT2D eigenvalue weighted by atomic mass is 16.5. The van der Waals surface area contributed by atoms with Gasteiger partial charge < -0.3 is 19.6 Å². The van der Waals surface area contributed by atoms with Crippen LogP contribution < -0.4 is 5.32 Å². The molecule has 2 rings (SSSR count). The lowest BCUT2D eigenvalue weighted by molar-refractivity contribution is 0.0729. The first-order chi connectivity index (χ1) is 10.1. The molecule has 0 saturated carbocycles. The van der Waals surface area contributed by atoms with Crippen molar-refractivity contribution in [1.82, 2.24) is 25.3 Å². The fourth-order valence-corrected chi connectivity index (χ4v) is 2.41. The van der Waals surface area contributed by atoms with Gasteiger partial charge in [0.25, 0.3) is 11.7 Å². The van der Waals surface area contributed by atoms with E-state index in [1.54, 1.807) is 4.90 Å². The Hall–Kier alpha value is -1.47. The second-order valence-electron chi connectivity index (χ2n) is 5.70. The van der Waals surface area contributed by atoms with Gasteiger partial charge >= 0.3 is 0 Å². The molecular formula is C14H25N5O2. The van der Waals surface area contributed by atoms with Crippen molar-refractivity contribution in [2.24, 2.45) is 0 Å². The van der Waals surface area contributed by atoms with E-state index < -0.39 is 0 Å². The molecule has 1 atom stereocenters. The third kappa shape index (κ3) is 4.25. The molecule has 7 heteroatoms. The minimum Gasteiger partial charge on any atom is -0.337 e. The molecule has 1 amide bonds. The van der Waals surface area contributed by atoms with Gasteiger partial charge in [-0.25, -0.2) is 0 Å². The molecule has 1 saturated heterocycles. The number of aromatic nitrogens is 2. The Morgan fingerprint density at radius 2 is 2.19 bits per heavy atom. The number of likely N-dealkylation sites (N-methyl/N-ethyl adjacent to an activating group) is 1. The van der Waals surface area contributed by atoms with Gasteiger partial charge in [0.1, 0.15) is 0 Å². The molecule has 21 heavy (non-hydrogen) atoms. The molecule has 0 aromatic carbocycles. The number of nitrogens with one attached hydrogen (secondary N) is 1. The monoisotopic (exact) mass is 295 g/mol. The maximum atomic E-state index is 12.5. The summed E-state index contributed by atoms with van der Waals surface area (Å²) < 4.78 is 5.24. The van der Waals surface area contributed by atoms with Gasteiger partial charge in [-0.1, -0.05) is 12.1 Å². The summed E-state index contributed by atoms with van der Waals surface area (Å²) in [7, 11) is 3.99. The lowest BCUT2D eigenvalue weighted by Crippen LogP contribution is -2.37. The summed E-state index contributed by atoms with van der Waals surface area (Å²) in [5, 5.41) is 7.15. The molecule has 118 valence electrons. The zero-order chi connectivity index (χ0) is 15.2. The minimum atomic E-state index is -0.147. The molecule has 0 radical (unpaired) electrons. The van der Waals surface area contributed by atoms with Crippen molar-refractivity contribution in [2.75, 3.05) is 40.3 Å². The van der Waals surface area contributed by atoms with Crippen molar-refractivity contribution >= 4 is 5.91 Å². The van der Waals surface area contributed by atoms with Gasteiger partial charge in [-0.3, -0.25) is 4.79 Å². The van der Waals surface area contributed by atoms with Crippen LogP contribution in [0, 0.1) is 0 Å².